The van der Waals surface area contributed by atoms with Gasteiger partial charge >= 0.3 is 0 Å². The largest absolute Gasteiger partial charge is 0.378 e. The predicted octanol–water partition coefficient (Wildman–Crippen LogP) is 1.11. The lowest BCUT2D eigenvalue weighted by molar-refractivity contribution is 0.0329. The summed E-state index contributed by atoms with van der Waals surface area (Å²) in [6, 6.07) is 0. The van der Waals surface area contributed by atoms with Crippen LogP contribution in [-0.4, -0.2) is 41.7 Å². The summed E-state index contributed by atoms with van der Waals surface area (Å²) >= 11 is 1.39. The van der Waals surface area contributed by atoms with Gasteiger partial charge in [0.15, 0.2) is 0 Å². The monoisotopic (exact) mass is 242 g/mol. The number of nitrogens with one attached hydrogen (secondary N) is 2. The van der Waals surface area contributed by atoms with Crippen LogP contribution < -0.4 is 10.6 Å². The molecule has 90 valence electrons. The third kappa shape index (κ3) is 4.03. The lowest BCUT2D eigenvalue weighted by Crippen LogP contribution is -2.32. The van der Waals surface area contributed by atoms with Crippen LogP contribution in [0.4, 0.5) is 5.13 Å². The molecule has 1 aromatic heterocycles. The lowest BCUT2D eigenvalue weighted by atomic mass is 10.1. The maximum atomic E-state index is 5.79. The number of aromatic nitrogens is 2. The van der Waals surface area contributed by atoms with Crippen LogP contribution in [0.3, 0.4) is 0 Å². The quantitative estimate of drug-likeness (QED) is 0.732. The topological polar surface area (TPSA) is 59.1 Å². The van der Waals surface area contributed by atoms with Crippen LogP contribution in [0.2, 0.25) is 0 Å². The molecule has 0 aromatic carbocycles. The van der Waals surface area contributed by atoms with Crippen LogP contribution >= 0.6 is 11.5 Å². The highest BCUT2D eigenvalue weighted by Gasteiger charge is 2.12. The Bertz CT molecular complexity index is 274. The van der Waals surface area contributed by atoms with E-state index in [4.69, 9.17) is 4.74 Å². The summed E-state index contributed by atoms with van der Waals surface area (Å²) in [7, 11) is 0. The van der Waals surface area contributed by atoms with Gasteiger partial charge in [-0.25, -0.2) is 4.98 Å². The molecule has 2 N–H and O–H groups in total. The average molecular weight is 242 g/mol. The summed E-state index contributed by atoms with van der Waals surface area (Å²) in [5.74, 6) is 0. The highest BCUT2D eigenvalue weighted by Crippen LogP contribution is 2.08. The van der Waals surface area contributed by atoms with Crippen molar-refractivity contribution in [2.24, 2.45) is 0 Å². The fourth-order valence-electron chi connectivity index (χ4n) is 1.73. The molecule has 0 amide bonds. The molecule has 1 aliphatic heterocycles. The van der Waals surface area contributed by atoms with E-state index in [-0.39, 0.29) is 0 Å². The summed E-state index contributed by atoms with van der Waals surface area (Å²) in [6.07, 6.45) is 5.33. The number of rotatable bonds is 6. The van der Waals surface area contributed by atoms with Crippen LogP contribution in [-0.2, 0) is 4.74 Å². The molecule has 0 unspecified atom stereocenters. The summed E-state index contributed by atoms with van der Waals surface area (Å²) in [5.41, 5.74) is 0. The Morgan fingerprint density at radius 2 is 2.38 bits per heavy atom. The summed E-state index contributed by atoms with van der Waals surface area (Å²) in [4.78, 5) is 4.05. The molecular formula is C10H18N4OS. The van der Waals surface area contributed by atoms with Crippen molar-refractivity contribution in [1.29, 1.82) is 0 Å². The Hall–Kier alpha value is -0.720. The Morgan fingerprint density at radius 1 is 1.50 bits per heavy atom. The average Bonchev–Trinajstić information content (AvgIpc) is 2.83. The van der Waals surface area contributed by atoms with Crippen LogP contribution in [0.5, 0.6) is 0 Å². The highest BCUT2D eigenvalue weighted by molar-refractivity contribution is 7.09. The fourth-order valence-corrected chi connectivity index (χ4v) is 2.19. The smallest absolute Gasteiger partial charge is 0.202 e. The summed E-state index contributed by atoms with van der Waals surface area (Å²) < 4.78 is 9.71. The first-order valence-electron chi connectivity index (χ1n) is 5.78. The molecule has 2 heterocycles. The van der Waals surface area contributed by atoms with E-state index in [0.717, 1.165) is 50.6 Å². The molecule has 0 saturated carbocycles. The standard InChI is InChI=1S/C10H18N4OS/c1(4-12-10-13-8-14-16-10)7-15-9-2-5-11-6-3-9/h8-9,11H,1-7H2,(H,12,13,14). The van der Waals surface area contributed by atoms with Crippen molar-refractivity contribution < 1.29 is 4.74 Å². The minimum Gasteiger partial charge on any atom is -0.378 e. The molecule has 0 spiro atoms. The van der Waals surface area contributed by atoms with Gasteiger partial charge in [0.1, 0.15) is 6.33 Å². The lowest BCUT2D eigenvalue weighted by Gasteiger charge is -2.22. The second kappa shape index (κ2) is 6.78. The van der Waals surface area contributed by atoms with Crippen molar-refractivity contribution in [2.75, 3.05) is 31.6 Å². The van der Waals surface area contributed by atoms with Crippen molar-refractivity contribution in [1.82, 2.24) is 14.7 Å². The minimum absolute atomic E-state index is 0.461. The van der Waals surface area contributed by atoms with Crippen LogP contribution in [0.1, 0.15) is 19.3 Å². The maximum Gasteiger partial charge on any atom is 0.202 e. The molecule has 0 atom stereocenters. The van der Waals surface area contributed by atoms with Gasteiger partial charge in [-0.2, -0.15) is 4.37 Å². The Morgan fingerprint density at radius 3 is 3.12 bits per heavy atom. The van der Waals surface area contributed by atoms with E-state index in [9.17, 15) is 0 Å². The van der Waals surface area contributed by atoms with E-state index in [0.29, 0.717) is 6.10 Å². The third-order valence-corrected chi connectivity index (χ3v) is 3.22. The van der Waals surface area contributed by atoms with Crippen molar-refractivity contribution in [3.05, 3.63) is 6.33 Å². The van der Waals surface area contributed by atoms with Gasteiger partial charge in [-0.1, -0.05) is 0 Å². The third-order valence-electron chi connectivity index (χ3n) is 2.60. The normalized spacial score (nSPS) is 17.5. The van der Waals surface area contributed by atoms with Crippen LogP contribution in [0.25, 0.3) is 0 Å². The molecule has 6 heteroatoms. The molecular weight excluding hydrogens is 224 g/mol. The molecule has 1 aliphatic rings. The summed E-state index contributed by atoms with van der Waals surface area (Å²) in [6.45, 7) is 3.91. The predicted molar refractivity (Wildman–Crippen MR) is 64.9 cm³/mol. The molecule has 1 fully saturated rings. The number of piperidine rings is 1. The van der Waals surface area contributed by atoms with Crippen molar-refractivity contribution in [2.45, 2.75) is 25.4 Å². The fraction of sp³-hybridized carbons (Fsp3) is 0.800. The van der Waals surface area contributed by atoms with E-state index >= 15 is 0 Å². The highest BCUT2D eigenvalue weighted by atomic mass is 32.1. The number of anilines is 1. The van der Waals surface area contributed by atoms with Crippen molar-refractivity contribution in [3.63, 3.8) is 0 Å². The van der Waals surface area contributed by atoms with E-state index in [2.05, 4.69) is 20.0 Å². The SMILES string of the molecule is c1nsc(NCCCOC2CCNCC2)n1. The Labute approximate surface area is 99.8 Å². The number of hydrogen-bond donors (Lipinski definition) is 2. The molecule has 16 heavy (non-hydrogen) atoms. The second-order valence-electron chi connectivity index (χ2n) is 3.85. The Kier molecular flexibility index (Phi) is 4.98. The van der Waals surface area contributed by atoms with E-state index in [1.54, 1.807) is 6.33 Å². The molecule has 5 nitrogen and oxygen atoms in total. The van der Waals surface area contributed by atoms with E-state index in [1.165, 1.54) is 11.5 Å². The van der Waals surface area contributed by atoms with Gasteiger partial charge in [-0.3, -0.25) is 0 Å². The van der Waals surface area contributed by atoms with Gasteiger partial charge in [0.25, 0.3) is 0 Å². The molecule has 1 saturated heterocycles. The van der Waals surface area contributed by atoms with E-state index in [1.807, 2.05) is 0 Å². The summed E-state index contributed by atoms with van der Waals surface area (Å²) in [5, 5.41) is 7.43. The van der Waals surface area contributed by atoms with Gasteiger partial charge < -0.3 is 15.4 Å². The zero-order valence-electron chi connectivity index (χ0n) is 9.32. The minimum atomic E-state index is 0.461. The second-order valence-corrected chi connectivity index (χ2v) is 4.63. The van der Waals surface area contributed by atoms with Gasteiger partial charge in [-0.15, -0.1) is 0 Å². The van der Waals surface area contributed by atoms with Crippen LogP contribution in [0, 0.1) is 0 Å². The molecule has 0 bridgehead atoms. The van der Waals surface area contributed by atoms with Crippen molar-refractivity contribution in [3.8, 4) is 0 Å². The first-order valence-corrected chi connectivity index (χ1v) is 6.55. The van der Waals surface area contributed by atoms with E-state index < -0.39 is 0 Å². The Balaban J connectivity index is 1.48. The first-order chi connectivity index (χ1) is 7.95. The maximum absolute atomic E-state index is 5.79. The van der Waals surface area contributed by atoms with Gasteiger partial charge in [0, 0.05) is 24.7 Å². The zero-order chi connectivity index (χ0) is 11.1. The molecule has 0 aliphatic carbocycles. The molecule has 0 radical (unpaired) electrons. The number of ether oxygens (including phenoxy) is 1. The molecule has 2 rings (SSSR count). The van der Waals surface area contributed by atoms with Crippen LogP contribution in [0.15, 0.2) is 6.33 Å². The van der Waals surface area contributed by atoms with Gasteiger partial charge in [0.05, 0.1) is 6.10 Å². The first kappa shape index (κ1) is 11.8. The molecule has 1 aromatic rings. The van der Waals surface area contributed by atoms with Gasteiger partial charge in [0.2, 0.25) is 5.13 Å². The van der Waals surface area contributed by atoms with Gasteiger partial charge in [-0.05, 0) is 32.4 Å². The number of nitrogens with zero attached hydrogens (tertiary/aromatic N) is 2. The van der Waals surface area contributed by atoms with Crippen molar-refractivity contribution >= 4 is 16.7 Å². The zero-order valence-corrected chi connectivity index (χ0v) is 10.1. The number of hydrogen-bond acceptors (Lipinski definition) is 6.